The zero-order valence-electron chi connectivity index (χ0n) is 9.43. The number of hydrogen-bond donors (Lipinski definition) is 1. The molecule has 0 saturated carbocycles. The lowest BCUT2D eigenvalue weighted by atomic mass is 10.2. The number of H-pyrrole nitrogens is 1. The molecule has 0 unspecified atom stereocenters. The normalized spacial score (nSPS) is 10.5. The van der Waals surface area contributed by atoms with E-state index in [1.54, 1.807) is 19.2 Å². The molecule has 1 aromatic heterocycles. The number of aromatic nitrogens is 3. The first-order valence-corrected chi connectivity index (χ1v) is 5.80. The van der Waals surface area contributed by atoms with Crippen LogP contribution in [-0.4, -0.2) is 20.5 Å². The Kier molecular flexibility index (Phi) is 3.14. The molecule has 2 rings (SSSR count). The molecule has 0 radical (unpaired) electrons. The Labute approximate surface area is 102 Å². The van der Waals surface area contributed by atoms with Crippen molar-refractivity contribution in [3.05, 3.63) is 40.3 Å². The largest absolute Gasteiger partial charge is 0.343 e. The van der Waals surface area contributed by atoms with Crippen molar-refractivity contribution in [1.82, 2.24) is 14.8 Å². The van der Waals surface area contributed by atoms with Crippen molar-refractivity contribution in [3.63, 3.8) is 0 Å². The van der Waals surface area contributed by atoms with Gasteiger partial charge in [-0.1, -0.05) is 12.1 Å². The molecule has 17 heavy (non-hydrogen) atoms. The van der Waals surface area contributed by atoms with Gasteiger partial charge in [0.15, 0.2) is 10.9 Å². The van der Waals surface area contributed by atoms with Gasteiger partial charge < -0.3 is 0 Å². The Hall–Kier alpha value is -1.82. The second-order valence-electron chi connectivity index (χ2n) is 3.55. The van der Waals surface area contributed by atoms with Gasteiger partial charge in [0, 0.05) is 17.5 Å². The smallest absolute Gasteiger partial charge is 0.295 e. The van der Waals surface area contributed by atoms with Crippen molar-refractivity contribution in [2.45, 2.75) is 17.0 Å². The summed E-state index contributed by atoms with van der Waals surface area (Å²) in [7, 11) is 1.65. The van der Waals surface area contributed by atoms with Crippen LogP contribution in [0.15, 0.2) is 39.1 Å². The van der Waals surface area contributed by atoms with Crippen molar-refractivity contribution >= 4 is 17.5 Å². The minimum atomic E-state index is -0.243. The average Bonchev–Trinajstić information content (AvgIpc) is 2.62. The molecule has 0 fully saturated rings. The molecule has 1 heterocycles. The van der Waals surface area contributed by atoms with Gasteiger partial charge in [0.2, 0.25) is 0 Å². The Bertz CT molecular complexity index is 598. The minimum Gasteiger partial charge on any atom is -0.295 e. The molecule has 0 bridgehead atoms. The summed E-state index contributed by atoms with van der Waals surface area (Å²) in [6, 6.07) is 7.19. The molecule has 6 heteroatoms. The molecule has 0 amide bonds. The Morgan fingerprint density at radius 2 is 2.00 bits per heavy atom. The van der Waals surface area contributed by atoms with Crippen LogP contribution in [0, 0.1) is 0 Å². The van der Waals surface area contributed by atoms with Gasteiger partial charge in [0.25, 0.3) is 0 Å². The first kappa shape index (κ1) is 11.7. The van der Waals surface area contributed by atoms with E-state index >= 15 is 0 Å². The average molecular weight is 249 g/mol. The molecule has 0 saturated heterocycles. The van der Waals surface area contributed by atoms with Gasteiger partial charge in [-0.25, -0.2) is 9.89 Å². The summed E-state index contributed by atoms with van der Waals surface area (Å²) in [5.41, 5.74) is 0.429. The van der Waals surface area contributed by atoms with Crippen molar-refractivity contribution in [2.75, 3.05) is 0 Å². The molecular formula is C11H11N3O2S. The van der Waals surface area contributed by atoms with Crippen molar-refractivity contribution in [1.29, 1.82) is 0 Å². The maximum atomic E-state index is 11.2. The molecule has 2 aromatic rings. The summed E-state index contributed by atoms with van der Waals surface area (Å²) in [6.07, 6.45) is 0. The lowest BCUT2D eigenvalue weighted by Crippen LogP contribution is -2.12. The summed E-state index contributed by atoms with van der Waals surface area (Å²) < 4.78 is 1.43. The molecular weight excluding hydrogens is 238 g/mol. The van der Waals surface area contributed by atoms with Gasteiger partial charge >= 0.3 is 5.69 Å². The van der Waals surface area contributed by atoms with E-state index in [1.807, 2.05) is 12.1 Å². The highest BCUT2D eigenvalue weighted by molar-refractivity contribution is 7.99. The van der Waals surface area contributed by atoms with E-state index in [2.05, 4.69) is 10.2 Å². The van der Waals surface area contributed by atoms with Gasteiger partial charge in [0.1, 0.15) is 0 Å². The van der Waals surface area contributed by atoms with E-state index in [9.17, 15) is 9.59 Å². The van der Waals surface area contributed by atoms with Crippen LogP contribution in [0.5, 0.6) is 0 Å². The number of nitrogens with one attached hydrogen (secondary N) is 1. The highest BCUT2D eigenvalue weighted by Gasteiger charge is 2.06. The van der Waals surface area contributed by atoms with Crippen LogP contribution in [0.25, 0.3) is 0 Å². The van der Waals surface area contributed by atoms with E-state index < -0.39 is 0 Å². The summed E-state index contributed by atoms with van der Waals surface area (Å²) in [6.45, 7) is 1.53. The monoisotopic (exact) mass is 249 g/mol. The maximum absolute atomic E-state index is 11.2. The van der Waals surface area contributed by atoms with E-state index in [0.29, 0.717) is 10.7 Å². The van der Waals surface area contributed by atoms with Gasteiger partial charge in [-0.2, -0.15) is 0 Å². The summed E-state index contributed by atoms with van der Waals surface area (Å²) in [5.74, 6) is 0.0359. The second kappa shape index (κ2) is 4.58. The third kappa shape index (κ3) is 2.47. The Morgan fingerprint density at radius 1 is 1.35 bits per heavy atom. The van der Waals surface area contributed by atoms with Crippen LogP contribution in [0.1, 0.15) is 17.3 Å². The highest BCUT2D eigenvalue weighted by atomic mass is 32.2. The summed E-state index contributed by atoms with van der Waals surface area (Å²) in [5, 5.41) is 6.85. The van der Waals surface area contributed by atoms with E-state index in [4.69, 9.17) is 0 Å². The number of ketones is 1. The van der Waals surface area contributed by atoms with E-state index in [1.165, 1.54) is 23.3 Å². The topological polar surface area (TPSA) is 67.8 Å². The highest BCUT2D eigenvalue weighted by Crippen LogP contribution is 2.24. The van der Waals surface area contributed by atoms with Crippen LogP contribution >= 0.6 is 11.8 Å². The van der Waals surface area contributed by atoms with Gasteiger partial charge in [-0.3, -0.25) is 9.36 Å². The van der Waals surface area contributed by atoms with Gasteiger partial charge in [-0.05, 0) is 30.8 Å². The SMILES string of the molecule is CC(=O)c1ccc(Sc2n[nH]c(=O)n2C)cc1. The number of carbonyl (C=O) groups is 1. The van der Waals surface area contributed by atoms with Crippen molar-refractivity contribution in [3.8, 4) is 0 Å². The van der Waals surface area contributed by atoms with Crippen LogP contribution in [0.2, 0.25) is 0 Å². The molecule has 88 valence electrons. The third-order valence-corrected chi connectivity index (χ3v) is 3.36. The molecule has 0 spiro atoms. The first-order valence-electron chi connectivity index (χ1n) is 4.98. The third-order valence-electron chi connectivity index (χ3n) is 2.31. The lowest BCUT2D eigenvalue weighted by Gasteiger charge is -2.00. The second-order valence-corrected chi connectivity index (χ2v) is 4.59. The lowest BCUT2D eigenvalue weighted by molar-refractivity contribution is 0.101. The minimum absolute atomic E-state index is 0.0359. The fourth-order valence-corrected chi connectivity index (χ4v) is 2.08. The van der Waals surface area contributed by atoms with Crippen LogP contribution < -0.4 is 5.69 Å². The number of benzene rings is 1. The number of hydrogen-bond acceptors (Lipinski definition) is 4. The van der Waals surface area contributed by atoms with Gasteiger partial charge in [0.05, 0.1) is 0 Å². The Morgan fingerprint density at radius 3 is 2.47 bits per heavy atom. The Balaban J connectivity index is 2.22. The number of Topliss-reactive ketones (excluding diaryl/α,β-unsaturated/α-hetero) is 1. The number of rotatable bonds is 3. The van der Waals surface area contributed by atoms with Crippen molar-refractivity contribution < 1.29 is 4.79 Å². The number of nitrogens with zero attached hydrogens (tertiary/aromatic N) is 2. The van der Waals surface area contributed by atoms with Crippen LogP contribution in [0.4, 0.5) is 0 Å². The predicted molar refractivity (Wildman–Crippen MR) is 64.4 cm³/mol. The molecule has 5 nitrogen and oxygen atoms in total. The van der Waals surface area contributed by atoms with Crippen LogP contribution in [0.3, 0.4) is 0 Å². The molecule has 1 aromatic carbocycles. The molecule has 1 N–H and O–H groups in total. The fraction of sp³-hybridized carbons (Fsp3) is 0.182. The quantitative estimate of drug-likeness (QED) is 0.836. The fourth-order valence-electron chi connectivity index (χ4n) is 1.29. The molecule has 0 atom stereocenters. The molecule has 0 aliphatic rings. The predicted octanol–water partition coefficient (Wildman–Crippen LogP) is 1.46. The number of carbonyl (C=O) groups excluding carboxylic acids is 1. The molecule has 0 aliphatic heterocycles. The zero-order valence-corrected chi connectivity index (χ0v) is 10.2. The summed E-state index contributed by atoms with van der Waals surface area (Å²) in [4.78, 5) is 23.2. The zero-order chi connectivity index (χ0) is 12.4. The molecule has 0 aliphatic carbocycles. The van der Waals surface area contributed by atoms with Gasteiger partial charge in [-0.15, -0.1) is 5.10 Å². The van der Waals surface area contributed by atoms with Crippen molar-refractivity contribution in [2.24, 2.45) is 7.05 Å². The maximum Gasteiger partial charge on any atom is 0.343 e. The number of aromatic amines is 1. The first-order chi connectivity index (χ1) is 8.08. The van der Waals surface area contributed by atoms with E-state index in [-0.39, 0.29) is 11.5 Å². The van der Waals surface area contributed by atoms with Crippen LogP contribution in [-0.2, 0) is 7.05 Å². The standard InChI is InChI=1S/C11H11N3O2S/c1-7(15)8-3-5-9(6-4-8)17-11-13-12-10(16)14(11)2/h3-6H,1-2H3,(H,12,16). The summed E-state index contributed by atoms with van der Waals surface area (Å²) >= 11 is 1.36. The van der Waals surface area contributed by atoms with E-state index in [0.717, 1.165) is 4.90 Å².